The number of rotatable bonds is 4. The van der Waals surface area contributed by atoms with Crippen LogP contribution in [0.15, 0.2) is 33.3 Å². The van der Waals surface area contributed by atoms with Crippen molar-refractivity contribution < 1.29 is 14.4 Å². The zero-order valence-corrected chi connectivity index (χ0v) is 12.9. The van der Waals surface area contributed by atoms with Gasteiger partial charge in [0.1, 0.15) is 0 Å². The van der Waals surface area contributed by atoms with Crippen molar-refractivity contribution in [3.05, 3.63) is 46.0 Å². The summed E-state index contributed by atoms with van der Waals surface area (Å²) in [5.74, 6) is 0.280. The Morgan fingerprint density at radius 2 is 2.29 bits per heavy atom. The second kappa shape index (κ2) is 5.97. The van der Waals surface area contributed by atoms with Gasteiger partial charge in [0.25, 0.3) is 0 Å². The van der Waals surface area contributed by atoms with Gasteiger partial charge in [0.2, 0.25) is 5.89 Å². The summed E-state index contributed by atoms with van der Waals surface area (Å²) >= 11 is 3.43. The molecule has 1 N–H and O–H groups in total. The second-order valence-electron chi connectivity index (χ2n) is 5.40. The molecule has 1 fully saturated rings. The molecule has 1 aliphatic rings. The quantitative estimate of drug-likeness (QED) is 0.914. The van der Waals surface area contributed by atoms with Crippen molar-refractivity contribution in [1.29, 1.82) is 0 Å². The molecule has 110 valence electrons. The average molecular weight is 351 g/mol. The van der Waals surface area contributed by atoms with Crippen LogP contribution in [0.1, 0.15) is 42.5 Å². The van der Waals surface area contributed by atoms with Crippen LogP contribution in [0.5, 0.6) is 0 Å². The van der Waals surface area contributed by atoms with Crippen LogP contribution in [0.3, 0.4) is 0 Å². The molecular weight excluding hydrogens is 336 g/mol. The van der Waals surface area contributed by atoms with Gasteiger partial charge >= 0.3 is 5.97 Å². The molecule has 0 spiro atoms. The standard InChI is InChI=1S/C15H15BrN2O3/c16-12-3-1-2-9(6-12)7-13-17-14(21-18-13)10-4-5-11(8-10)15(19)20/h1-3,6,10-11H,4-5,7-8H2,(H,19,20). The highest BCUT2D eigenvalue weighted by atomic mass is 79.9. The molecule has 21 heavy (non-hydrogen) atoms. The highest BCUT2D eigenvalue weighted by Crippen LogP contribution is 2.37. The molecule has 1 aromatic heterocycles. The highest BCUT2D eigenvalue weighted by molar-refractivity contribution is 9.10. The monoisotopic (exact) mass is 350 g/mol. The van der Waals surface area contributed by atoms with Crippen LogP contribution in [-0.2, 0) is 11.2 Å². The number of nitrogens with zero attached hydrogens (tertiary/aromatic N) is 2. The number of aliphatic carboxylic acids is 1. The predicted molar refractivity (Wildman–Crippen MR) is 79.0 cm³/mol. The summed E-state index contributed by atoms with van der Waals surface area (Å²) in [6, 6.07) is 7.97. The maximum absolute atomic E-state index is 11.0. The number of aromatic nitrogens is 2. The molecule has 2 atom stereocenters. The molecular formula is C15H15BrN2O3. The first-order chi connectivity index (χ1) is 10.1. The van der Waals surface area contributed by atoms with Crippen LogP contribution in [0.4, 0.5) is 0 Å². The smallest absolute Gasteiger partial charge is 0.306 e. The first-order valence-electron chi connectivity index (χ1n) is 6.91. The van der Waals surface area contributed by atoms with Gasteiger partial charge in [-0.1, -0.05) is 33.2 Å². The molecule has 1 aliphatic carbocycles. The number of benzene rings is 1. The second-order valence-corrected chi connectivity index (χ2v) is 6.32. The minimum atomic E-state index is -0.730. The third-order valence-electron chi connectivity index (χ3n) is 3.87. The van der Waals surface area contributed by atoms with E-state index >= 15 is 0 Å². The fourth-order valence-electron chi connectivity index (χ4n) is 2.76. The van der Waals surface area contributed by atoms with Gasteiger partial charge in [-0.25, -0.2) is 0 Å². The van der Waals surface area contributed by atoms with Gasteiger partial charge in [0, 0.05) is 16.8 Å². The van der Waals surface area contributed by atoms with Crippen LogP contribution in [0.2, 0.25) is 0 Å². The Hall–Kier alpha value is -1.69. The zero-order chi connectivity index (χ0) is 14.8. The molecule has 0 saturated heterocycles. The fourth-order valence-corrected chi connectivity index (χ4v) is 3.21. The van der Waals surface area contributed by atoms with Gasteiger partial charge in [0.15, 0.2) is 5.82 Å². The van der Waals surface area contributed by atoms with Gasteiger partial charge in [-0.05, 0) is 37.0 Å². The molecule has 6 heteroatoms. The molecule has 0 radical (unpaired) electrons. The first-order valence-corrected chi connectivity index (χ1v) is 7.71. The van der Waals surface area contributed by atoms with Crippen molar-refractivity contribution in [2.24, 2.45) is 5.92 Å². The van der Waals surface area contributed by atoms with Crippen molar-refractivity contribution in [2.75, 3.05) is 0 Å². The number of carboxylic acids is 1. The maximum Gasteiger partial charge on any atom is 0.306 e. The summed E-state index contributed by atoms with van der Waals surface area (Å²) in [6.07, 6.45) is 2.69. The first kappa shape index (κ1) is 14.3. The third-order valence-corrected chi connectivity index (χ3v) is 4.36. The topological polar surface area (TPSA) is 76.2 Å². The van der Waals surface area contributed by atoms with E-state index in [4.69, 9.17) is 9.63 Å². The lowest BCUT2D eigenvalue weighted by molar-refractivity contribution is -0.141. The van der Waals surface area contributed by atoms with Crippen molar-refractivity contribution in [3.8, 4) is 0 Å². The normalized spacial score (nSPS) is 21.6. The van der Waals surface area contributed by atoms with Gasteiger partial charge in [-0.2, -0.15) is 4.98 Å². The van der Waals surface area contributed by atoms with Crippen molar-refractivity contribution in [1.82, 2.24) is 10.1 Å². The minimum Gasteiger partial charge on any atom is -0.481 e. The summed E-state index contributed by atoms with van der Waals surface area (Å²) in [4.78, 5) is 15.4. The Morgan fingerprint density at radius 1 is 1.43 bits per heavy atom. The van der Waals surface area contributed by atoms with Gasteiger partial charge in [0.05, 0.1) is 5.92 Å². The lowest BCUT2D eigenvalue weighted by Crippen LogP contribution is -2.09. The van der Waals surface area contributed by atoms with Crippen LogP contribution < -0.4 is 0 Å². The largest absolute Gasteiger partial charge is 0.481 e. The van der Waals surface area contributed by atoms with Gasteiger partial charge in [-0.3, -0.25) is 4.79 Å². The number of halogens is 1. The number of hydrogen-bond acceptors (Lipinski definition) is 4. The summed E-state index contributed by atoms with van der Waals surface area (Å²) in [7, 11) is 0. The maximum atomic E-state index is 11.0. The summed E-state index contributed by atoms with van der Waals surface area (Å²) in [5, 5.41) is 13.0. The third kappa shape index (κ3) is 3.32. The van der Waals surface area contributed by atoms with Crippen LogP contribution >= 0.6 is 15.9 Å². The zero-order valence-electron chi connectivity index (χ0n) is 11.3. The number of carboxylic acid groups (broad SMARTS) is 1. The van der Waals surface area contributed by atoms with Crippen molar-refractivity contribution in [2.45, 2.75) is 31.6 Å². The van der Waals surface area contributed by atoms with Crippen LogP contribution in [-0.4, -0.2) is 21.2 Å². The molecule has 1 aromatic carbocycles. The van der Waals surface area contributed by atoms with E-state index in [1.165, 1.54) is 0 Å². The van der Waals surface area contributed by atoms with Gasteiger partial charge in [-0.15, -0.1) is 0 Å². The van der Waals surface area contributed by atoms with Gasteiger partial charge < -0.3 is 9.63 Å². The lowest BCUT2D eigenvalue weighted by atomic mass is 10.1. The van der Waals surface area contributed by atoms with E-state index in [1.54, 1.807) is 0 Å². The van der Waals surface area contributed by atoms with E-state index < -0.39 is 5.97 Å². The summed E-state index contributed by atoms with van der Waals surface area (Å²) in [6.45, 7) is 0. The molecule has 2 aromatic rings. The Kier molecular flexibility index (Phi) is 4.05. The molecule has 0 bridgehead atoms. The van der Waals surface area contributed by atoms with E-state index in [9.17, 15) is 4.79 Å². The number of hydrogen-bond donors (Lipinski definition) is 1. The highest BCUT2D eigenvalue weighted by Gasteiger charge is 2.33. The molecule has 1 heterocycles. The molecule has 2 unspecified atom stereocenters. The summed E-state index contributed by atoms with van der Waals surface area (Å²) < 4.78 is 6.33. The molecule has 0 aliphatic heterocycles. The number of carbonyl (C=O) groups is 1. The van der Waals surface area contributed by atoms with E-state index in [0.29, 0.717) is 31.0 Å². The van der Waals surface area contributed by atoms with E-state index in [1.807, 2.05) is 24.3 Å². The van der Waals surface area contributed by atoms with Crippen LogP contribution in [0, 0.1) is 5.92 Å². The average Bonchev–Trinajstić information content (AvgIpc) is 3.06. The van der Waals surface area contributed by atoms with Crippen molar-refractivity contribution >= 4 is 21.9 Å². The molecule has 3 rings (SSSR count). The van der Waals surface area contributed by atoms with Crippen molar-refractivity contribution in [3.63, 3.8) is 0 Å². The fraction of sp³-hybridized carbons (Fsp3) is 0.400. The van der Waals surface area contributed by atoms with Crippen LogP contribution in [0.25, 0.3) is 0 Å². The Balaban J connectivity index is 1.68. The Morgan fingerprint density at radius 3 is 3.00 bits per heavy atom. The minimum absolute atomic E-state index is 0.0786. The van der Waals surface area contributed by atoms with E-state index in [-0.39, 0.29) is 11.8 Å². The van der Waals surface area contributed by atoms with E-state index in [0.717, 1.165) is 16.5 Å². The predicted octanol–water partition coefficient (Wildman–Crippen LogP) is 3.39. The van der Waals surface area contributed by atoms with E-state index in [2.05, 4.69) is 26.1 Å². The lowest BCUT2D eigenvalue weighted by Gasteiger charge is -2.02. The molecule has 5 nitrogen and oxygen atoms in total. The molecule has 1 saturated carbocycles. The Labute approximate surface area is 130 Å². The SMILES string of the molecule is O=C(O)C1CCC(c2nc(Cc3cccc(Br)c3)no2)C1. The molecule has 0 amide bonds. The summed E-state index contributed by atoms with van der Waals surface area (Å²) in [5.41, 5.74) is 1.10. The Bertz CT molecular complexity index is 656.